The summed E-state index contributed by atoms with van der Waals surface area (Å²) in [5.74, 6) is -0.481. The monoisotopic (exact) mass is 267 g/mol. The Morgan fingerprint density at radius 1 is 1.28 bits per heavy atom. The molecule has 0 radical (unpaired) electrons. The van der Waals surface area contributed by atoms with Gasteiger partial charge in [0.05, 0.1) is 11.2 Å². The Labute approximate surface area is 111 Å². The van der Waals surface area contributed by atoms with Gasteiger partial charge < -0.3 is 10.4 Å². The molecule has 0 bridgehead atoms. The molecule has 0 spiro atoms. The summed E-state index contributed by atoms with van der Waals surface area (Å²) in [5.41, 5.74) is 0.148. The fraction of sp³-hybridized carbons (Fsp3) is 0.385. The van der Waals surface area contributed by atoms with Gasteiger partial charge in [0.2, 0.25) is 5.91 Å². The zero-order valence-corrected chi connectivity index (χ0v) is 11.3. The molecule has 0 aliphatic rings. The van der Waals surface area contributed by atoms with E-state index in [1.807, 2.05) is 30.3 Å². The predicted octanol–water partition coefficient (Wildman–Crippen LogP) is 2.47. The molecule has 2 N–H and O–H groups in total. The zero-order chi connectivity index (χ0) is 13.6. The quantitative estimate of drug-likeness (QED) is 0.831. The Bertz CT molecular complexity index is 418. The number of benzene rings is 1. The molecule has 0 aliphatic carbocycles. The van der Waals surface area contributed by atoms with Crippen molar-refractivity contribution in [2.24, 2.45) is 5.41 Å². The van der Waals surface area contributed by atoms with Crippen LogP contribution < -0.4 is 5.32 Å². The average Bonchev–Trinajstić information content (AvgIpc) is 2.29. The molecule has 0 unspecified atom stereocenters. The highest BCUT2D eigenvalue weighted by atomic mass is 32.2. The maximum atomic E-state index is 12.0. The van der Waals surface area contributed by atoms with Crippen molar-refractivity contribution in [2.45, 2.75) is 13.8 Å². The van der Waals surface area contributed by atoms with Gasteiger partial charge in [-0.3, -0.25) is 9.59 Å². The number of carbonyl (C=O) groups excluding carboxylic acids is 1. The van der Waals surface area contributed by atoms with Crippen molar-refractivity contribution in [3.05, 3.63) is 30.3 Å². The summed E-state index contributed by atoms with van der Waals surface area (Å²) < 4.78 is 0. The smallest absolute Gasteiger partial charge is 0.313 e. The number of anilines is 1. The number of thioether (sulfide) groups is 1. The highest BCUT2D eigenvalue weighted by Crippen LogP contribution is 2.23. The van der Waals surface area contributed by atoms with Gasteiger partial charge in [-0.2, -0.15) is 0 Å². The molecule has 1 rings (SSSR count). The molecule has 18 heavy (non-hydrogen) atoms. The molecule has 0 fully saturated rings. The van der Waals surface area contributed by atoms with E-state index in [-0.39, 0.29) is 11.7 Å². The van der Waals surface area contributed by atoms with Crippen molar-refractivity contribution < 1.29 is 14.7 Å². The molecule has 0 heterocycles. The van der Waals surface area contributed by atoms with Gasteiger partial charge >= 0.3 is 5.97 Å². The number of rotatable bonds is 6. The van der Waals surface area contributed by atoms with Crippen molar-refractivity contribution in [2.75, 3.05) is 16.8 Å². The maximum absolute atomic E-state index is 12.0. The van der Waals surface area contributed by atoms with E-state index in [9.17, 15) is 9.59 Å². The molecule has 0 aliphatic heterocycles. The molecule has 0 saturated carbocycles. The van der Waals surface area contributed by atoms with Gasteiger partial charge in [-0.15, -0.1) is 11.8 Å². The topological polar surface area (TPSA) is 66.4 Å². The van der Waals surface area contributed by atoms with E-state index >= 15 is 0 Å². The minimum Gasteiger partial charge on any atom is -0.481 e. The molecule has 0 saturated heterocycles. The van der Waals surface area contributed by atoms with Crippen LogP contribution in [0.3, 0.4) is 0 Å². The molecular formula is C13H17NO3S. The first-order chi connectivity index (χ1) is 8.42. The third kappa shape index (κ3) is 4.79. The van der Waals surface area contributed by atoms with Crippen LogP contribution in [-0.4, -0.2) is 28.5 Å². The lowest BCUT2D eigenvalue weighted by Gasteiger charge is -2.22. The van der Waals surface area contributed by atoms with Crippen molar-refractivity contribution in [1.82, 2.24) is 0 Å². The predicted molar refractivity (Wildman–Crippen MR) is 73.8 cm³/mol. The van der Waals surface area contributed by atoms with Crippen molar-refractivity contribution in [3.8, 4) is 0 Å². The van der Waals surface area contributed by atoms with Crippen molar-refractivity contribution >= 4 is 29.3 Å². The van der Waals surface area contributed by atoms with Gasteiger partial charge in [-0.1, -0.05) is 32.0 Å². The molecular weight excluding hydrogens is 250 g/mol. The van der Waals surface area contributed by atoms with Gasteiger partial charge in [-0.25, -0.2) is 0 Å². The van der Waals surface area contributed by atoms with E-state index in [2.05, 4.69) is 5.32 Å². The fourth-order valence-corrected chi connectivity index (χ4v) is 2.20. The van der Waals surface area contributed by atoms with Crippen LogP contribution in [0.2, 0.25) is 0 Å². The lowest BCUT2D eigenvalue weighted by atomic mass is 9.95. The number of amides is 1. The Balaban J connectivity index is 2.51. The lowest BCUT2D eigenvalue weighted by Crippen LogP contribution is -2.33. The van der Waals surface area contributed by atoms with E-state index in [0.29, 0.717) is 5.75 Å². The lowest BCUT2D eigenvalue weighted by molar-refractivity contribution is -0.134. The first-order valence-corrected chi connectivity index (χ1v) is 6.73. The number of hydrogen-bond donors (Lipinski definition) is 2. The number of para-hydroxylation sites is 1. The third-order valence-corrected chi connectivity index (χ3v) is 3.71. The van der Waals surface area contributed by atoms with Crippen LogP contribution in [0.25, 0.3) is 0 Å². The van der Waals surface area contributed by atoms with Gasteiger partial charge in [0.1, 0.15) is 0 Å². The highest BCUT2D eigenvalue weighted by molar-refractivity contribution is 7.99. The second-order valence-electron chi connectivity index (χ2n) is 4.59. The summed E-state index contributed by atoms with van der Waals surface area (Å²) in [4.78, 5) is 22.5. The van der Waals surface area contributed by atoms with E-state index in [1.54, 1.807) is 13.8 Å². The summed E-state index contributed by atoms with van der Waals surface area (Å²) in [6, 6.07) is 9.21. The third-order valence-electron chi connectivity index (χ3n) is 2.33. The summed E-state index contributed by atoms with van der Waals surface area (Å²) in [6.45, 7) is 3.61. The van der Waals surface area contributed by atoms with Crippen LogP contribution >= 0.6 is 11.8 Å². The molecule has 1 aromatic carbocycles. The van der Waals surface area contributed by atoms with Crippen molar-refractivity contribution in [3.63, 3.8) is 0 Å². The number of carbonyl (C=O) groups is 2. The zero-order valence-electron chi connectivity index (χ0n) is 10.5. The van der Waals surface area contributed by atoms with Crippen LogP contribution in [0.5, 0.6) is 0 Å². The number of nitrogens with one attached hydrogen (secondary N) is 1. The molecule has 4 nitrogen and oxygen atoms in total. The van der Waals surface area contributed by atoms with Crippen LogP contribution in [0.4, 0.5) is 5.69 Å². The van der Waals surface area contributed by atoms with Crippen molar-refractivity contribution in [1.29, 1.82) is 0 Å². The van der Waals surface area contributed by atoms with E-state index in [0.717, 1.165) is 5.69 Å². The standard InChI is InChI=1S/C13H17NO3S/c1-13(2,9-18-8-11(15)16)12(17)14-10-6-4-3-5-7-10/h3-7H,8-9H2,1-2H3,(H,14,17)(H,15,16). The number of hydrogen-bond acceptors (Lipinski definition) is 3. The van der Waals surface area contributed by atoms with E-state index in [1.165, 1.54) is 11.8 Å². The second kappa shape index (κ2) is 6.44. The summed E-state index contributed by atoms with van der Waals surface area (Å²) in [5, 5.41) is 11.4. The Hall–Kier alpha value is -1.49. The number of aliphatic carboxylic acids is 1. The highest BCUT2D eigenvalue weighted by Gasteiger charge is 2.27. The molecule has 0 atom stereocenters. The summed E-state index contributed by atoms with van der Waals surface area (Å²) in [6.07, 6.45) is 0. The fourth-order valence-electron chi connectivity index (χ4n) is 1.28. The molecule has 0 aromatic heterocycles. The Morgan fingerprint density at radius 3 is 2.44 bits per heavy atom. The van der Waals surface area contributed by atoms with E-state index in [4.69, 9.17) is 5.11 Å². The van der Waals surface area contributed by atoms with E-state index < -0.39 is 11.4 Å². The minimum atomic E-state index is -0.862. The average molecular weight is 267 g/mol. The number of carboxylic acid groups (broad SMARTS) is 1. The Morgan fingerprint density at radius 2 is 1.89 bits per heavy atom. The normalized spacial score (nSPS) is 11.0. The van der Waals surface area contributed by atoms with Gasteiger partial charge in [0, 0.05) is 11.4 Å². The van der Waals surface area contributed by atoms with Gasteiger partial charge in [0.15, 0.2) is 0 Å². The molecule has 5 heteroatoms. The summed E-state index contributed by atoms with van der Waals surface area (Å²) >= 11 is 1.25. The molecule has 98 valence electrons. The van der Waals surface area contributed by atoms with Crippen LogP contribution in [-0.2, 0) is 9.59 Å². The minimum absolute atomic E-state index is 0.0159. The first-order valence-electron chi connectivity index (χ1n) is 5.58. The Kier molecular flexibility index (Phi) is 5.22. The van der Waals surface area contributed by atoms with Crippen LogP contribution in [0, 0.1) is 5.41 Å². The van der Waals surface area contributed by atoms with Crippen LogP contribution in [0.15, 0.2) is 30.3 Å². The largest absolute Gasteiger partial charge is 0.481 e. The van der Waals surface area contributed by atoms with Gasteiger partial charge in [-0.05, 0) is 12.1 Å². The maximum Gasteiger partial charge on any atom is 0.313 e. The van der Waals surface area contributed by atoms with Crippen LogP contribution in [0.1, 0.15) is 13.8 Å². The number of carboxylic acids is 1. The molecule has 1 aromatic rings. The summed E-state index contributed by atoms with van der Waals surface area (Å²) in [7, 11) is 0. The molecule has 1 amide bonds. The second-order valence-corrected chi connectivity index (χ2v) is 5.58. The SMILES string of the molecule is CC(C)(CSCC(=O)O)C(=O)Nc1ccccc1. The first kappa shape index (κ1) is 14.6. The van der Waals surface area contributed by atoms with Gasteiger partial charge in [0.25, 0.3) is 0 Å².